The van der Waals surface area contributed by atoms with E-state index >= 15 is 0 Å². The summed E-state index contributed by atoms with van der Waals surface area (Å²) in [7, 11) is 0. The minimum absolute atomic E-state index is 0.269. The average Bonchev–Trinajstić information content (AvgIpc) is 2.46. The summed E-state index contributed by atoms with van der Waals surface area (Å²) in [6.07, 6.45) is 6.42. The summed E-state index contributed by atoms with van der Waals surface area (Å²) in [5, 5.41) is 3.32. The molecular formula is C16H27N3O. The fourth-order valence-electron chi connectivity index (χ4n) is 3.15. The van der Waals surface area contributed by atoms with E-state index in [2.05, 4.69) is 31.1 Å². The Bertz CT molecular complexity index is 420. The maximum absolute atomic E-state index is 6.14. The molecule has 0 radical (unpaired) electrons. The van der Waals surface area contributed by atoms with Crippen LogP contribution in [0.1, 0.15) is 58.0 Å². The highest BCUT2D eigenvalue weighted by Gasteiger charge is 2.39. The van der Waals surface area contributed by atoms with Crippen LogP contribution in [0.5, 0.6) is 0 Å². The van der Waals surface area contributed by atoms with Gasteiger partial charge in [0.15, 0.2) is 5.82 Å². The van der Waals surface area contributed by atoms with Crippen molar-refractivity contribution in [2.24, 2.45) is 5.92 Å². The lowest BCUT2D eigenvalue weighted by Gasteiger charge is -2.38. The molecule has 0 aliphatic heterocycles. The number of nitrogens with zero attached hydrogens (tertiary/aromatic N) is 2. The zero-order chi connectivity index (χ0) is 14.4. The molecule has 0 saturated heterocycles. The third kappa shape index (κ3) is 3.55. The van der Waals surface area contributed by atoms with E-state index in [1.807, 2.05) is 12.3 Å². The van der Waals surface area contributed by atoms with Gasteiger partial charge in [-0.15, -0.1) is 0 Å². The van der Waals surface area contributed by atoms with Crippen molar-refractivity contribution < 1.29 is 4.74 Å². The van der Waals surface area contributed by atoms with Crippen LogP contribution in [0.25, 0.3) is 0 Å². The third-order valence-corrected chi connectivity index (χ3v) is 4.05. The van der Waals surface area contributed by atoms with E-state index in [1.54, 1.807) is 0 Å². The SMILES string of the molecule is CCNCc1ccnc(C2(OCC)CCCC(C)C2)n1. The molecule has 112 valence electrons. The van der Waals surface area contributed by atoms with E-state index in [9.17, 15) is 0 Å². The summed E-state index contributed by atoms with van der Waals surface area (Å²) in [5.74, 6) is 1.55. The fraction of sp³-hybridized carbons (Fsp3) is 0.750. The van der Waals surface area contributed by atoms with E-state index in [1.165, 1.54) is 12.8 Å². The molecule has 1 N–H and O–H groups in total. The van der Waals surface area contributed by atoms with Crippen LogP contribution in [0, 0.1) is 5.92 Å². The van der Waals surface area contributed by atoms with E-state index in [0.717, 1.165) is 37.4 Å². The number of hydrogen-bond donors (Lipinski definition) is 1. The number of ether oxygens (including phenoxy) is 1. The first-order valence-electron chi connectivity index (χ1n) is 7.87. The molecule has 1 heterocycles. The topological polar surface area (TPSA) is 47.0 Å². The molecule has 2 atom stereocenters. The molecule has 0 spiro atoms. The molecule has 1 aliphatic rings. The normalized spacial score (nSPS) is 26.6. The zero-order valence-electron chi connectivity index (χ0n) is 13.0. The first kappa shape index (κ1) is 15.4. The minimum atomic E-state index is -0.269. The van der Waals surface area contributed by atoms with Crippen LogP contribution in [0.2, 0.25) is 0 Å². The van der Waals surface area contributed by atoms with Gasteiger partial charge in [-0.1, -0.05) is 20.3 Å². The van der Waals surface area contributed by atoms with Gasteiger partial charge in [0.25, 0.3) is 0 Å². The number of nitrogens with one attached hydrogen (secondary N) is 1. The highest BCUT2D eigenvalue weighted by molar-refractivity contribution is 5.10. The molecule has 1 aliphatic carbocycles. The van der Waals surface area contributed by atoms with Crippen LogP contribution in [0.3, 0.4) is 0 Å². The Morgan fingerprint density at radius 1 is 1.45 bits per heavy atom. The van der Waals surface area contributed by atoms with Crippen molar-refractivity contribution >= 4 is 0 Å². The molecule has 1 saturated carbocycles. The molecule has 4 nitrogen and oxygen atoms in total. The van der Waals surface area contributed by atoms with Crippen LogP contribution < -0.4 is 5.32 Å². The van der Waals surface area contributed by atoms with Crippen molar-refractivity contribution in [1.82, 2.24) is 15.3 Å². The third-order valence-electron chi connectivity index (χ3n) is 4.05. The molecule has 2 unspecified atom stereocenters. The lowest BCUT2D eigenvalue weighted by atomic mass is 9.78. The molecule has 0 aromatic carbocycles. The van der Waals surface area contributed by atoms with Gasteiger partial charge in [-0.25, -0.2) is 9.97 Å². The van der Waals surface area contributed by atoms with Crippen molar-refractivity contribution in [2.45, 2.75) is 58.6 Å². The van der Waals surface area contributed by atoms with Crippen LogP contribution in [0.4, 0.5) is 0 Å². The van der Waals surface area contributed by atoms with Gasteiger partial charge in [0.05, 0.1) is 5.69 Å². The molecular weight excluding hydrogens is 250 g/mol. The van der Waals surface area contributed by atoms with Crippen LogP contribution in [-0.2, 0) is 16.9 Å². The molecule has 1 aromatic heterocycles. The van der Waals surface area contributed by atoms with Gasteiger partial charge in [0.2, 0.25) is 0 Å². The Morgan fingerprint density at radius 2 is 2.30 bits per heavy atom. The predicted octanol–water partition coefficient (Wildman–Crippen LogP) is 3.03. The van der Waals surface area contributed by atoms with Crippen LogP contribution in [0.15, 0.2) is 12.3 Å². The summed E-state index contributed by atoms with van der Waals surface area (Å²) >= 11 is 0. The lowest BCUT2D eigenvalue weighted by molar-refractivity contribution is -0.0882. The maximum Gasteiger partial charge on any atom is 0.160 e. The molecule has 1 fully saturated rings. The monoisotopic (exact) mass is 277 g/mol. The van der Waals surface area contributed by atoms with Gasteiger partial charge in [-0.05, 0) is 44.7 Å². The largest absolute Gasteiger partial charge is 0.367 e. The highest BCUT2D eigenvalue weighted by Crippen LogP contribution is 2.41. The van der Waals surface area contributed by atoms with Gasteiger partial charge in [0, 0.05) is 19.3 Å². The summed E-state index contributed by atoms with van der Waals surface area (Å²) in [6.45, 7) is 8.93. The van der Waals surface area contributed by atoms with Gasteiger partial charge in [-0.2, -0.15) is 0 Å². The van der Waals surface area contributed by atoms with Crippen molar-refractivity contribution in [3.8, 4) is 0 Å². The fourth-order valence-corrected chi connectivity index (χ4v) is 3.15. The van der Waals surface area contributed by atoms with Gasteiger partial charge < -0.3 is 10.1 Å². The van der Waals surface area contributed by atoms with E-state index in [-0.39, 0.29) is 5.60 Å². The summed E-state index contributed by atoms with van der Waals surface area (Å²) < 4.78 is 6.14. The zero-order valence-corrected chi connectivity index (χ0v) is 13.0. The van der Waals surface area contributed by atoms with Crippen LogP contribution >= 0.6 is 0 Å². The van der Waals surface area contributed by atoms with E-state index < -0.39 is 0 Å². The second-order valence-electron chi connectivity index (χ2n) is 5.78. The molecule has 20 heavy (non-hydrogen) atoms. The van der Waals surface area contributed by atoms with Crippen LogP contribution in [-0.4, -0.2) is 23.1 Å². The summed E-state index contributed by atoms with van der Waals surface area (Å²) in [4.78, 5) is 9.29. The highest BCUT2D eigenvalue weighted by atomic mass is 16.5. The number of aromatic nitrogens is 2. The average molecular weight is 277 g/mol. The molecule has 2 rings (SSSR count). The first-order valence-corrected chi connectivity index (χ1v) is 7.87. The quantitative estimate of drug-likeness (QED) is 0.868. The lowest BCUT2D eigenvalue weighted by Crippen LogP contribution is -2.37. The van der Waals surface area contributed by atoms with Crippen molar-refractivity contribution in [3.05, 3.63) is 23.8 Å². The maximum atomic E-state index is 6.14. The summed E-state index contributed by atoms with van der Waals surface area (Å²) in [5.41, 5.74) is 0.781. The standard InChI is InChI=1S/C16H27N3O/c1-4-17-12-14-8-10-18-15(19-14)16(20-5-2)9-6-7-13(3)11-16/h8,10,13,17H,4-7,9,11-12H2,1-3H3. The van der Waals surface area contributed by atoms with Gasteiger partial charge in [0.1, 0.15) is 5.60 Å². The Hall–Kier alpha value is -1.00. The molecule has 0 bridgehead atoms. The van der Waals surface area contributed by atoms with Crippen molar-refractivity contribution in [3.63, 3.8) is 0 Å². The minimum Gasteiger partial charge on any atom is -0.367 e. The second-order valence-corrected chi connectivity index (χ2v) is 5.78. The number of hydrogen-bond acceptors (Lipinski definition) is 4. The first-order chi connectivity index (χ1) is 9.70. The molecule has 4 heteroatoms. The smallest absolute Gasteiger partial charge is 0.160 e. The molecule has 1 aromatic rings. The predicted molar refractivity (Wildman–Crippen MR) is 80.3 cm³/mol. The second kappa shape index (κ2) is 7.14. The van der Waals surface area contributed by atoms with E-state index in [0.29, 0.717) is 12.5 Å². The Balaban J connectivity index is 2.24. The summed E-state index contributed by atoms with van der Waals surface area (Å²) in [6, 6.07) is 1.98. The Labute approximate surface area is 122 Å². The van der Waals surface area contributed by atoms with Gasteiger partial charge >= 0.3 is 0 Å². The Morgan fingerprint density at radius 3 is 3.00 bits per heavy atom. The van der Waals surface area contributed by atoms with Crippen molar-refractivity contribution in [1.29, 1.82) is 0 Å². The molecule has 0 amide bonds. The van der Waals surface area contributed by atoms with Crippen molar-refractivity contribution in [2.75, 3.05) is 13.2 Å². The Kier molecular flexibility index (Phi) is 5.49. The number of rotatable bonds is 6. The van der Waals surface area contributed by atoms with Gasteiger partial charge in [-0.3, -0.25) is 0 Å². The van der Waals surface area contributed by atoms with E-state index in [4.69, 9.17) is 9.72 Å².